The van der Waals surface area contributed by atoms with E-state index in [4.69, 9.17) is 12.6 Å². The van der Waals surface area contributed by atoms with Gasteiger partial charge in [0, 0.05) is 25.7 Å². The van der Waals surface area contributed by atoms with Gasteiger partial charge in [0.15, 0.2) is 5.95 Å². The number of nitrogens with one attached hydrogen (secondary N) is 3. The summed E-state index contributed by atoms with van der Waals surface area (Å²) < 4.78 is 6.03. The summed E-state index contributed by atoms with van der Waals surface area (Å²) in [5, 5.41) is 5.94. The Morgan fingerprint density at radius 2 is 2.29 bits per heavy atom. The van der Waals surface area contributed by atoms with Crippen LogP contribution in [0.5, 0.6) is 5.75 Å². The molecule has 1 atom stereocenters. The summed E-state index contributed by atoms with van der Waals surface area (Å²) in [6, 6.07) is 3.77. The van der Waals surface area contributed by atoms with E-state index >= 15 is 0 Å². The molecule has 0 saturated carbocycles. The van der Waals surface area contributed by atoms with Crippen LogP contribution >= 0.6 is 15.9 Å². The number of imidazole rings is 1. The first kappa shape index (κ1) is 16.9. The highest BCUT2D eigenvalue weighted by atomic mass is 79.9. The van der Waals surface area contributed by atoms with Crippen molar-refractivity contribution in [2.45, 2.75) is 18.8 Å². The van der Waals surface area contributed by atoms with Crippen LogP contribution in [0.4, 0.5) is 5.95 Å². The van der Waals surface area contributed by atoms with Crippen LogP contribution in [-0.4, -0.2) is 44.4 Å². The number of aromatic amines is 1. The Labute approximate surface area is 150 Å². The third kappa shape index (κ3) is 3.15. The number of amides is 1. The first-order valence-corrected chi connectivity index (χ1v) is 8.49. The number of fused-ring (bicyclic) bond motifs is 1. The fourth-order valence-corrected chi connectivity index (χ4v) is 3.69. The van der Waals surface area contributed by atoms with Crippen molar-refractivity contribution in [1.29, 1.82) is 0 Å². The Morgan fingerprint density at radius 3 is 2.96 bits per heavy atom. The summed E-state index contributed by atoms with van der Waals surface area (Å²) in [7, 11) is 9.41. The van der Waals surface area contributed by atoms with Crippen molar-refractivity contribution in [3.05, 3.63) is 33.6 Å². The van der Waals surface area contributed by atoms with Crippen molar-refractivity contribution in [1.82, 2.24) is 15.3 Å². The summed E-state index contributed by atoms with van der Waals surface area (Å²) in [5.41, 5.74) is 3.26. The molecule has 2 aromatic rings. The molecule has 24 heavy (non-hydrogen) atoms. The van der Waals surface area contributed by atoms with Crippen LogP contribution < -0.4 is 20.8 Å². The molecule has 0 fully saturated rings. The van der Waals surface area contributed by atoms with E-state index in [1.54, 1.807) is 14.2 Å². The third-order valence-corrected chi connectivity index (χ3v) is 4.73. The molecule has 1 aliphatic heterocycles. The number of nitrogens with zero attached hydrogens (tertiary/aromatic N) is 1. The zero-order valence-corrected chi connectivity index (χ0v) is 15.2. The smallest absolute Gasteiger partial charge is 0.229 e. The Kier molecular flexibility index (Phi) is 4.84. The van der Waals surface area contributed by atoms with E-state index in [0.717, 1.165) is 27.8 Å². The molecule has 124 valence electrons. The number of benzene rings is 1. The molecular weight excluding hydrogens is 371 g/mol. The number of hydrogen-bond acceptors (Lipinski definition) is 4. The van der Waals surface area contributed by atoms with Gasteiger partial charge in [-0.3, -0.25) is 4.79 Å². The van der Waals surface area contributed by atoms with Crippen molar-refractivity contribution in [2.75, 3.05) is 26.0 Å². The molecule has 8 heteroatoms. The van der Waals surface area contributed by atoms with Gasteiger partial charge in [-0.1, -0.05) is 11.5 Å². The molecule has 1 aromatic heterocycles. The summed E-state index contributed by atoms with van der Waals surface area (Å²) in [6.07, 6.45) is 1.25. The minimum Gasteiger partial charge on any atom is -0.496 e. The number of hydrogen-bond donors (Lipinski definition) is 3. The Balaban J connectivity index is 1.96. The van der Waals surface area contributed by atoms with Gasteiger partial charge in [-0.2, -0.15) is 0 Å². The van der Waals surface area contributed by atoms with Crippen molar-refractivity contribution in [3.63, 3.8) is 0 Å². The lowest BCUT2D eigenvalue weighted by Crippen LogP contribution is -2.30. The fraction of sp³-hybridized carbons (Fsp3) is 0.375. The minimum atomic E-state index is -0.361. The van der Waals surface area contributed by atoms with Gasteiger partial charge < -0.3 is 20.4 Å². The molecule has 0 spiro atoms. The van der Waals surface area contributed by atoms with E-state index in [1.165, 1.54) is 0 Å². The maximum atomic E-state index is 12.5. The normalized spacial score (nSPS) is 17.0. The van der Waals surface area contributed by atoms with Crippen molar-refractivity contribution >= 4 is 41.1 Å². The summed E-state index contributed by atoms with van der Waals surface area (Å²) in [5.74, 6) is 0.895. The third-order valence-electron chi connectivity index (χ3n) is 4.14. The maximum Gasteiger partial charge on any atom is 0.229 e. The molecule has 3 rings (SSSR count). The number of anilines is 1. The molecule has 1 aromatic carbocycles. The molecular formula is C16H18BBrN4O2. The number of methoxy groups -OCH3 is 1. The van der Waals surface area contributed by atoms with Crippen LogP contribution in [0.2, 0.25) is 0 Å². The molecule has 0 saturated heterocycles. The van der Waals surface area contributed by atoms with Crippen LogP contribution in [0.15, 0.2) is 16.6 Å². The van der Waals surface area contributed by atoms with Gasteiger partial charge in [0.2, 0.25) is 5.91 Å². The predicted octanol–water partition coefficient (Wildman–Crippen LogP) is 1.01. The zero-order chi connectivity index (χ0) is 17.3. The Bertz CT molecular complexity index is 754. The molecule has 0 aliphatic carbocycles. The van der Waals surface area contributed by atoms with Crippen LogP contribution in [0.25, 0.3) is 0 Å². The highest BCUT2D eigenvalue weighted by Gasteiger charge is 2.29. The summed E-state index contributed by atoms with van der Waals surface area (Å²) >= 11 is 3.46. The molecule has 0 bridgehead atoms. The predicted molar refractivity (Wildman–Crippen MR) is 97.4 cm³/mol. The van der Waals surface area contributed by atoms with Crippen LogP contribution in [0.1, 0.15) is 22.9 Å². The monoisotopic (exact) mass is 388 g/mol. The average Bonchev–Trinajstić information content (AvgIpc) is 2.89. The van der Waals surface area contributed by atoms with Gasteiger partial charge in [0.25, 0.3) is 0 Å². The Hall–Kier alpha value is -1.96. The molecule has 1 amide bonds. The first-order valence-electron chi connectivity index (χ1n) is 7.69. The van der Waals surface area contributed by atoms with Crippen molar-refractivity contribution in [2.24, 2.45) is 0 Å². The highest BCUT2D eigenvalue weighted by Crippen LogP contribution is 2.29. The van der Waals surface area contributed by atoms with E-state index in [1.807, 2.05) is 12.1 Å². The number of carbonyl (C=O) groups is 1. The molecule has 1 unspecified atom stereocenters. The number of aromatic nitrogens is 2. The lowest BCUT2D eigenvalue weighted by molar-refractivity contribution is -0.122. The second-order valence-corrected chi connectivity index (χ2v) is 6.55. The standard InChI is InChI=1S/C16H18BBrN4O2/c1-19-16-21-12-3-4-20-15(23)9(13(12)22-16)5-8-6-10(17)14(24-2)11(18)7-8/h6-7,9H,3-5H2,1-2H3,(H,20,23)(H2,19,21,22). The van der Waals surface area contributed by atoms with Gasteiger partial charge in [-0.05, 0) is 34.0 Å². The highest BCUT2D eigenvalue weighted by molar-refractivity contribution is 9.10. The van der Waals surface area contributed by atoms with Gasteiger partial charge in [0.05, 0.1) is 23.2 Å². The first-order chi connectivity index (χ1) is 11.5. The van der Waals surface area contributed by atoms with Crippen molar-refractivity contribution < 1.29 is 9.53 Å². The van der Waals surface area contributed by atoms with Crippen molar-refractivity contribution in [3.8, 4) is 5.75 Å². The number of halogens is 1. The van der Waals surface area contributed by atoms with Gasteiger partial charge >= 0.3 is 0 Å². The topological polar surface area (TPSA) is 79.0 Å². The lowest BCUT2D eigenvalue weighted by Gasteiger charge is -2.15. The molecule has 2 radical (unpaired) electrons. The molecule has 3 N–H and O–H groups in total. The molecule has 1 aliphatic rings. The summed E-state index contributed by atoms with van der Waals surface area (Å²) in [4.78, 5) is 20.3. The number of carbonyl (C=O) groups excluding carboxylic acids is 1. The summed E-state index contributed by atoms with van der Waals surface area (Å²) in [6.45, 7) is 0.599. The zero-order valence-electron chi connectivity index (χ0n) is 13.6. The second kappa shape index (κ2) is 6.89. The van der Waals surface area contributed by atoms with Crippen LogP contribution in [-0.2, 0) is 17.6 Å². The number of H-pyrrole nitrogens is 1. The molecule has 2 heterocycles. The minimum absolute atomic E-state index is 0.0200. The molecule has 6 nitrogen and oxygen atoms in total. The average molecular weight is 389 g/mol. The lowest BCUT2D eigenvalue weighted by atomic mass is 9.88. The van der Waals surface area contributed by atoms with Gasteiger partial charge in [0.1, 0.15) is 13.6 Å². The van der Waals surface area contributed by atoms with E-state index in [0.29, 0.717) is 30.1 Å². The van der Waals surface area contributed by atoms with E-state index in [-0.39, 0.29) is 11.8 Å². The van der Waals surface area contributed by atoms with Crippen LogP contribution in [0, 0.1) is 0 Å². The van der Waals surface area contributed by atoms with Crippen LogP contribution in [0.3, 0.4) is 0 Å². The Morgan fingerprint density at radius 1 is 1.50 bits per heavy atom. The second-order valence-electron chi connectivity index (χ2n) is 5.70. The van der Waals surface area contributed by atoms with E-state index in [2.05, 4.69) is 36.5 Å². The fourth-order valence-electron chi connectivity index (χ4n) is 3.01. The largest absolute Gasteiger partial charge is 0.496 e. The number of rotatable bonds is 4. The van der Waals surface area contributed by atoms with E-state index in [9.17, 15) is 4.79 Å². The number of ether oxygens (including phenoxy) is 1. The maximum absolute atomic E-state index is 12.5. The van der Waals surface area contributed by atoms with E-state index < -0.39 is 0 Å². The SMILES string of the molecule is [B]c1cc(CC2C(=O)NCCc3[nH]c(NC)nc32)cc(Br)c1OC. The van der Waals surface area contributed by atoms with Gasteiger partial charge in [-0.25, -0.2) is 4.98 Å². The quantitative estimate of drug-likeness (QED) is 0.683. The van der Waals surface area contributed by atoms with Gasteiger partial charge in [-0.15, -0.1) is 0 Å².